The molecule has 0 saturated heterocycles. The van der Waals surface area contributed by atoms with E-state index in [-0.39, 0.29) is 23.5 Å². The summed E-state index contributed by atoms with van der Waals surface area (Å²) in [5.41, 5.74) is 0.142. The van der Waals surface area contributed by atoms with E-state index in [1.54, 1.807) is 19.1 Å². The van der Waals surface area contributed by atoms with Crippen LogP contribution >= 0.6 is 0 Å². The third-order valence-electron chi connectivity index (χ3n) is 2.38. The summed E-state index contributed by atoms with van der Waals surface area (Å²) >= 11 is 0. The summed E-state index contributed by atoms with van der Waals surface area (Å²) in [4.78, 5) is 22.5. The topological polar surface area (TPSA) is 96.6 Å². The lowest BCUT2D eigenvalue weighted by Gasteiger charge is -2.06. The zero-order valence-electron chi connectivity index (χ0n) is 11.0. The monoisotopic (exact) mass is 275 g/mol. The van der Waals surface area contributed by atoms with Crippen molar-refractivity contribution in [2.24, 2.45) is 0 Å². The zero-order chi connectivity index (χ0) is 15.1. The van der Waals surface area contributed by atoms with Crippen molar-refractivity contribution in [2.75, 3.05) is 13.7 Å². The molecular weight excluding hydrogens is 262 g/mol. The molecule has 6 heteroatoms. The van der Waals surface area contributed by atoms with Crippen LogP contribution in [-0.2, 0) is 9.53 Å². The van der Waals surface area contributed by atoms with Gasteiger partial charge in [-0.3, -0.25) is 0 Å². The van der Waals surface area contributed by atoms with Gasteiger partial charge in [0, 0.05) is 0 Å². The first-order chi connectivity index (χ1) is 9.53. The van der Waals surface area contributed by atoms with Crippen molar-refractivity contribution < 1.29 is 24.2 Å². The molecule has 0 atom stereocenters. The van der Waals surface area contributed by atoms with Crippen LogP contribution in [0.2, 0.25) is 0 Å². The number of carbonyl (C=O) groups excluding carboxylic acids is 1. The number of carbonyl (C=O) groups is 2. The Hall–Kier alpha value is -2.81. The van der Waals surface area contributed by atoms with Gasteiger partial charge in [0.05, 0.1) is 13.7 Å². The lowest BCUT2D eigenvalue weighted by atomic mass is 10.1. The normalized spacial score (nSPS) is 10.6. The van der Waals surface area contributed by atoms with Gasteiger partial charge in [-0.2, -0.15) is 5.26 Å². The van der Waals surface area contributed by atoms with E-state index in [9.17, 15) is 9.59 Å². The number of methoxy groups -OCH3 is 1. The third kappa shape index (κ3) is 3.59. The second kappa shape index (κ2) is 6.95. The molecule has 0 heterocycles. The number of benzene rings is 1. The van der Waals surface area contributed by atoms with Gasteiger partial charge in [-0.1, -0.05) is 6.07 Å². The first kappa shape index (κ1) is 15.2. The lowest BCUT2D eigenvalue weighted by Crippen LogP contribution is -2.06. The zero-order valence-corrected chi connectivity index (χ0v) is 11.0. The van der Waals surface area contributed by atoms with E-state index < -0.39 is 11.9 Å². The fourth-order valence-electron chi connectivity index (χ4n) is 1.49. The van der Waals surface area contributed by atoms with Crippen molar-refractivity contribution in [1.82, 2.24) is 0 Å². The summed E-state index contributed by atoms with van der Waals surface area (Å²) in [5, 5.41) is 18.0. The molecular formula is C14H13NO5. The van der Waals surface area contributed by atoms with Gasteiger partial charge in [-0.05, 0) is 30.7 Å². The molecule has 0 radical (unpaired) electrons. The van der Waals surface area contributed by atoms with E-state index in [0.29, 0.717) is 5.56 Å². The van der Waals surface area contributed by atoms with E-state index in [4.69, 9.17) is 19.8 Å². The Labute approximate surface area is 115 Å². The Morgan fingerprint density at radius 1 is 1.45 bits per heavy atom. The minimum atomic E-state index is -1.16. The Kier molecular flexibility index (Phi) is 5.30. The van der Waals surface area contributed by atoms with Gasteiger partial charge in [-0.25, -0.2) is 9.59 Å². The number of aromatic carboxylic acids is 1. The molecule has 0 aliphatic heterocycles. The highest BCUT2D eigenvalue weighted by Gasteiger charge is 2.13. The molecule has 1 rings (SSSR count). The maximum Gasteiger partial charge on any atom is 0.348 e. The second-order valence-corrected chi connectivity index (χ2v) is 3.66. The molecule has 0 spiro atoms. The van der Waals surface area contributed by atoms with Gasteiger partial charge >= 0.3 is 11.9 Å². The molecule has 0 bridgehead atoms. The van der Waals surface area contributed by atoms with E-state index in [1.807, 2.05) is 0 Å². The number of nitrogens with zero attached hydrogens (tertiary/aromatic N) is 1. The summed E-state index contributed by atoms with van der Waals surface area (Å²) in [6.45, 7) is 1.78. The van der Waals surface area contributed by atoms with Crippen LogP contribution in [0.25, 0.3) is 6.08 Å². The predicted octanol–water partition coefficient (Wildman–Crippen LogP) is 1.86. The van der Waals surface area contributed by atoms with Crippen LogP contribution in [0.4, 0.5) is 0 Å². The van der Waals surface area contributed by atoms with Gasteiger partial charge in [0.1, 0.15) is 23.0 Å². The van der Waals surface area contributed by atoms with E-state index in [0.717, 1.165) is 0 Å². The van der Waals surface area contributed by atoms with Crippen LogP contribution in [-0.4, -0.2) is 30.8 Å². The molecule has 6 nitrogen and oxygen atoms in total. The van der Waals surface area contributed by atoms with E-state index >= 15 is 0 Å². The van der Waals surface area contributed by atoms with Crippen molar-refractivity contribution in [2.45, 2.75) is 6.92 Å². The summed E-state index contributed by atoms with van der Waals surface area (Å²) in [7, 11) is 1.36. The maximum atomic E-state index is 11.5. The van der Waals surface area contributed by atoms with Crippen molar-refractivity contribution in [3.63, 3.8) is 0 Å². The SMILES string of the molecule is CCOC(=O)/C(C#N)=C\c1ccc(OC)c(C(=O)O)c1. The summed E-state index contributed by atoms with van der Waals surface area (Å²) in [5.74, 6) is -1.71. The summed E-state index contributed by atoms with van der Waals surface area (Å²) in [6.07, 6.45) is 1.27. The first-order valence-electron chi connectivity index (χ1n) is 5.73. The third-order valence-corrected chi connectivity index (χ3v) is 2.38. The highest BCUT2D eigenvalue weighted by molar-refractivity contribution is 5.98. The molecule has 0 aromatic heterocycles. The average Bonchev–Trinajstić information content (AvgIpc) is 2.44. The Balaban J connectivity index is 3.20. The van der Waals surface area contributed by atoms with Gasteiger partial charge < -0.3 is 14.6 Å². The van der Waals surface area contributed by atoms with Gasteiger partial charge in [0.25, 0.3) is 0 Å². The number of hydrogen-bond acceptors (Lipinski definition) is 5. The van der Waals surface area contributed by atoms with E-state index in [2.05, 4.69) is 0 Å². The largest absolute Gasteiger partial charge is 0.496 e. The molecule has 1 aromatic rings. The smallest absolute Gasteiger partial charge is 0.348 e. The fraction of sp³-hybridized carbons (Fsp3) is 0.214. The van der Waals surface area contributed by atoms with Gasteiger partial charge in [-0.15, -0.1) is 0 Å². The Morgan fingerprint density at radius 3 is 2.65 bits per heavy atom. The predicted molar refractivity (Wildman–Crippen MR) is 70.2 cm³/mol. The quantitative estimate of drug-likeness (QED) is 0.500. The number of hydrogen-bond donors (Lipinski definition) is 1. The molecule has 20 heavy (non-hydrogen) atoms. The average molecular weight is 275 g/mol. The first-order valence-corrected chi connectivity index (χ1v) is 5.73. The molecule has 1 aromatic carbocycles. The molecule has 0 amide bonds. The molecule has 0 aliphatic carbocycles. The number of carboxylic acids is 1. The molecule has 0 saturated carbocycles. The van der Waals surface area contributed by atoms with Gasteiger partial charge in [0.2, 0.25) is 0 Å². The highest BCUT2D eigenvalue weighted by atomic mass is 16.5. The standard InChI is InChI=1S/C14H13NO5/c1-3-20-14(18)10(8-15)6-9-4-5-12(19-2)11(7-9)13(16)17/h4-7H,3H2,1-2H3,(H,16,17)/b10-6-. The molecule has 0 unspecified atom stereocenters. The number of carboxylic acid groups (broad SMARTS) is 1. The number of nitriles is 1. The van der Waals surface area contributed by atoms with Crippen LogP contribution < -0.4 is 4.74 Å². The van der Waals surface area contributed by atoms with Crippen molar-refractivity contribution >= 4 is 18.0 Å². The maximum absolute atomic E-state index is 11.5. The minimum absolute atomic E-state index is 0.0533. The van der Waals surface area contributed by atoms with Crippen molar-refractivity contribution in [3.8, 4) is 11.8 Å². The molecule has 104 valence electrons. The van der Waals surface area contributed by atoms with Crippen LogP contribution in [0, 0.1) is 11.3 Å². The highest BCUT2D eigenvalue weighted by Crippen LogP contribution is 2.21. The number of esters is 1. The Morgan fingerprint density at radius 2 is 2.15 bits per heavy atom. The van der Waals surface area contributed by atoms with Crippen molar-refractivity contribution in [3.05, 3.63) is 34.9 Å². The Bertz CT molecular complexity index is 598. The number of rotatable bonds is 5. The second-order valence-electron chi connectivity index (χ2n) is 3.66. The molecule has 1 N–H and O–H groups in total. The number of ether oxygens (including phenoxy) is 2. The minimum Gasteiger partial charge on any atom is -0.496 e. The van der Waals surface area contributed by atoms with Crippen LogP contribution in [0.15, 0.2) is 23.8 Å². The van der Waals surface area contributed by atoms with Crippen LogP contribution in [0.5, 0.6) is 5.75 Å². The molecule has 0 fully saturated rings. The lowest BCUT2D eigenvalue weighted by molar-refractivity contribution is -0.137. The van der Waals surface area contributed by atoms with Crippen LogP contribution in [0.3, 0.4) is 0 Å². The molecule has 0 aliphatic rings. The summed E-state index contributed by atoms with van der Waals surface area (Å²) < 4.78 is 9.64. The van der Waals surface area contributed by atoms with E-state index in [1.165, 1.54) is 25.3 Å². The van der Waals surface area contributed by atoms with Crippen molar-refractivity contribution in [1.29, 1.82) is 5.26 Å². The van der Waals surface area contributed by atoms with Crippen LogP contribution in [0.1, 0.15) is 22.8 Å². The van der Waals surface area contributed by atoms with Gasteiger partial charge in [0.15, 0.2) is 0 Å². The fourth-order valence-corrected chi connectivity index (χ4v) is 1.49. The summed E-state index contributed by atoms with van der Waals surface area (Å²) in [6, 6.07) is 6.03.